The topological polar surface area (TPSA) is 35.2 Å². The summed E-state index contributed by atoms with van der Waals surface area (Å²) in [4.78, 5) is 0. The molecule has 2 unspecified atom stereocenters. The Morgan fingerprint density at radius 1 is 1.57 bits per heavy atom. The third-order valence-corrected chi connectivity index (χ3v) is 2.93. The van der Waals surface area contributed by atoms with Crippen LogP contribution >= 0.6 is 0 Å². The predicted molar refractivity (Wildman–Crippen MR) is 52.9 cm³/mol. The Morgan fingerprint density at radius 2 is 2.36 bits per heavy atom. The van der Waals surface area contributed by atoms with Crippen LogP contribution in [0.2, 0.25) is 0 Å². The van der Waals surface area contributed by atoms with E-state index in [-0.39, 0.29) is 5.82 Å². The van der Waals surface area contributed by atoms with Crippen LogP contribution in [0.3, 0.4) is 0 Å². The summed E-state index contributed by atoms with van der Waals surface area (Å²) in [7, 11) is 0. The smallest absolute Gasteiger partial charge is 0.126 e. The van der Waals surface area contributed by atoms with E-state index in [2.05, 4.69) is 6.92 Å². The molecule has 0 aliphatic carbocycles. The average molecular weight is 195 g/mol. The zero-order chi connectivity index (χ0) is 10.1. The normalized spacial score (nSPS) is 25.4. The molecule has 0 bridgehead atoms. The lowest BCUT2D eigenvalue weighted by molar-refractivity contribution is 0.203. The van der Waals surface area contributed by atoms with Crippen molar-refractivity contribution in [3.63, 3.8) is 0 Å². The molecule has 0 aromatic heterocycles. The van der Waals surface area contributed by atoms with Gasteiger partial charge in [0.1, 0.15) is 11.6 Å². The van der Waals surface area contributed by atoms with Gasteiger partial charge in [-0.25, -0.2) is 4.39 Å². The fourth-order valence-electron chi connectivity index (χ4n) is 1.88. The van der Waals surface area contributed by atoms with E-state index in [1.54, 1.807) is 6.07 Å². The molecular formula is C11H14FNO. The highest BCUT2D eigenvalue weighted by Gasteiger charge is 2.26. The number of hydrogen-bond acceptors (Lipinski definition) is 2. The minimum Gasteiger partial charge on any atom is -0.493 e. The molecule has 76 valence electrons. The fraction of sp³-hybridized carbons (Fsp3) is 0.455. The molecule has 1 heterocycles. The lowest BCUT2D eigenvalue weighted by atomic mass is 9.86. The monoisotopic (exact) mass is 195 g/mol. The maximum atomic E-state index is 12.9. The molecule has 1 aliphatic rings. The van der Waals surface area contributed by atoms with Gasteiger partial charge in [-0.15, -0.1) is 0 Å². The molecule has 0 amide bonds. The van der Waals surface area contributed by atoms with Crippen molar-refractivity contribution in [2.45, 2.75) is 12.8 Å². The summed E-state index contributed by atoms with van der Waals surface area (Å²) < 4.78 is 18.4. The van der Waals surface area contributed by atoms with Crippen LogP contribution in [0.25, 0.3) is 0 Å². The standard InChI is InChI=1S/C11H14FNO/c1-7-8(5-13)6-14-11-4-9(12)2-3-10(7)11/h2-4,7-8H,5-6,13H2,1H3. The summed E-state index contributed by atoms with van der Waals surface area (Å²) in [6, 6.07) is 4.70. The minimum atomic E-state index is -0.248. The molecule has 1 aliphatic heterocycles. The highest BCUT2D eigenvalue weighted by atomic mass is 19.1. The quantitative estimate of drug-likeness (QED) is 0.742. The largest absolute Gasteiger partial charge is 0.493 e. The van der Waals surface area contributed by atoms with Crippen molar-refractivity contribution in [3.05, 3.63) is 29.6 Å². The van der Waals surface area contributed by atoms with Crippen molar-refractivity contribution >= 4 is 0 Å². The van der Waals surface area contributed by atoms with Crippen LogP contribution in [0.4, 0.5) is 4.39 Å². The van der Waals surface area contributed by atoms with E-state index >= 15 is 0 Å². The third-order valence-electron chi connectivity index (χ3n) is 2.93. The van der Waals surface area contributed by atoms with Gasteiger partial charge in [0.2, 0.25) is 0 Å². The summed E-state index contributed by atoms with van der Waals surface area (Å²) >= 11 is 0. The van der Waals surface area contributed by atoms with E-state index < -0.39 is 0 Å². The number of benzene rings is 1. The molecule has 2 N–H and O–H groups in total. The van der Waals surface area contributed by atoms with E-state index in [4.69, 9.17) is 10.5 Å². The van der Waals surface area contributed by atoms with E-state index in [0.29, 0.717) is 30.7 Å². The molecular weight excluding hydrogens is 181 g/mol. The minimum absolute atomic E-state index is 0.248. The first kappa shape index (κ1) is 9.46. The van der Waals surface area contributed by atoms with Gasteiger partial charge in [-0.3, -0.25) is 0 Å². The summed E-state index contributed by atoms with van der Waals surface area (Å²) in [5.41, 5.74) is 6.69. The van der Waals surface area contributed by atoms with Crippen LogP contribution in [0, 0.1) is 11.7 Å². The Bertz CT molecular complexity index is 340. The molecule has 0 saturated carbocycles. The SMILES string of the molecule is CC1c2ccc(F)cc2OCC1CN. The van der Waals surface area contributed by atoms with Gasteiger partial charge < -0.3 is 10.5 Å². The van der Waals surface area contributed by atoms with Crippen molar-refractivity contribution in [2.24, 2.45) is 11.7 Å². The Balaban J connectivity index is 2.36. The lowest BCUT2D eigenvalue weighted by Crippen LogP contribution is -2.30. The lowest BCUT2D eigenvalue weighted by Gasteiger charge is -2.30. The van der Waals surface area contributed by atoms with Gasteiger partial charge >= 0.3 is 0 Å². The van der Waals surface area contributed by atoms with E-state index in [1.807, 2.05) is 0 Å². The number of rotatable bonds is 1. The van der Waals surface area contributed by atoms with Gasteiger partial charge in [0.25, 0.3) is 0 Å². The molecule has 2 atom stereocenters. The highest BCUT2D eigenvalue weighted by molar-refractivity contribution is 5.38. The maximum Gasteiger partial charge on any atom is 0.126 e. The molecule has 2 rings (SSSR count). The van der Waals surface area contributed by atoms with Crippen LogP contribution < -0.4 is 10.5 Å². The number of hydrogen-bond donors (Lipinski definition) is 1. The van der Waals surface area contributed by atoms with Crippen LogP contribution in [0.1, 0.15) is 18.4 Å². The number of nitrogens with two attached hydrogens (primary N) is 1. The average Bonchev–Trinajstić information content (AvgIpc) is 2.18. The van der Waals surface area contributed by atoms with Crippen LogP contribution in [0.5, 0.6) is 5.75 Å². The van der Waals surface area contributed by atoms with E-state index in [0.717, 1.165) is 5.56 Å². The Hall–Kier alpha value is -1.09. The van der Waals surface area contributed by atoms with Crippen LogP contribution in [-0.4, -0.2) is 13.2 Å². The Morgan fingerprint density at radius 3 is 3.07 bits per heavy atom. The molecule has 1 aromatic rings. The van der Waals surface area contributed by atoms with Gasteiger partial charge in [0.15, 0.2) is 0 Å². The summed E-state index contributed by atoms with van der Waals surface area (Å²) in [6.45, 7) is 3.31. The summed E-state index contributed by atoms with van der Waals surface area (Å²) in [5.74, 6) is 1.11. The zero-order valence-corrected chi connectivity index (χ0v) is 8.16. The Labute approximate surface area is 82.9 Å². The van der Waals surface area contributed by atoms with Gasteiger partial charge in [0.05, 0.1) is 6.61 Å². The van der Waals surface area contributed by atoms with Gasteiger partial charge in [-0.1, -0.05) is 13.0 Å². The molecule has 2 nitrogen and oxygen atoms in total. The van der Waals surface area contributed by atoms with Crippen molar-refractivity contribution < 1.29 is 9.13 Å². The zero-order valence-electron chi connectivity index (χ0n) is 8.16. The number of fused-ring (bicyclic) bond motifs is 1. The van der Waals surface area contributed by atoms with Crippen molar-refractivity contribution in [1.29, 1.82) is 0 Å². The summed E-state index contributed by atoms with van der Waals surface area (Å²) in [6.07, 6.45) is 0. The Kier molecular flexibility index (Phi) is 2.42. The second-order valence-electron chi connectivity index (χ2n) is 3.78. The molecule has 0 fully saturated rings. The summed E-state index contributed by atoms with van der Waals surface area (Å²) in [5, 5.41) is 0. The molecule has 3 heteroatoms. The van der Waals surface area contributed by atoms with Crippen molar-refractivity contribution in [1.82, 2.24) is 0 Å². The van der Waals surface area contributed by atoms with Gasteiger partial charge in [-0.2, -0.15) is 0 Å². The fourth-order valence-corrected chi connectivity index (χ4v) is 1.88. The van der Waals surface area contributed by atoms with E-state index in [9.17, 15) is 4.39 Å². The predicted octanol–water partition coefficient (Wildman–Crippen LogP) is 1.90. The van der Waals surface area contributed by atoms with Gasteiger partial charge in [0, 0.05) is 12.0 Å². The van der Waals surface area contributed by atoms with Gasteiger partial charge in [-0.05, 0) is 24.1 Å². The second-order valence-corrected chi connectivity index (χ2v) is 3.78. The first-order chi connectivity index (χ1) is 6.72. The molecule has 0 spiro atoms. The first-order valence-corrected chi connectivity index (χ1v) is 4.84. The second kappa shape index (κ2) is 3.58. The third kappa shape index (κ3) is 1.48. The van der Waals surface area contributed by atoms with Crippen LogP contribution in [-0.2, 0) is 0 Å². The van der Waals surface area contributed by atoms with Crippen molar-refractivity contribution in [2.75, 3.05) is 13.2 Å². The number of halogens is 1. The number of ether oxygens (including phenoxy) is 1. The molecule has 0 radical (unpaired) electrons. The highest BCUT2D eigenvalue weighted by Crippen LogP contribution is 2.36. The first-order valence-electron chi connectivity index (χ1n) is 4.84. The molecule has 0 saturated heterocycles. The molecule has 14 heavy (non-hydrogen) atoms. The van der Waals surface area contributed by atoms with E-state index in [1.165, 1.54) is 12.1 Å². The van der Waals surface area contributed by atoms with Crippen molar-refractivity contribution in [3.8, 4) is 5.75 Å². The van der Waals surface area contributed by atoms with Crippen LogP contribution in [0.15, 0.2) is 18.2 Å². The maximum absolute atomic E-state index is 12.9. The molecule has 1 aromatic carbocycles.